The summed E-state index contributed by atoms with van der Waals surface area (Å²) in [7, 11) is 0. The Balaban J connectivity index is 1.51. The van der Waals surface area contributed by atoms with Crippen molar-refractivity contribution in [3.05, 3.63) is 76.1 Å². The highest BCUT2D eigenvalue weighted by atomic mass is 16.5. The highest BCUT2D eigenvalue weighted by Gasteiger charge is 2.28. The number of benzene rings is 1. The first-order valence-electron chi connectivity index (χ1n) is 11.0. The van der Waals surface area contributed by atoms with Gasteiger partial charge in [0.05, 0.1) is 29.7 Å². The largest absolute Gasteiger partial charge is 0.469 e. The summed E-state index contributed by atoms with van der Waals surface area (Å²) in [6, 6.07) is 8.01. The number of nitrogens with zero attached hydrogens (tertiary/aromatic N) is 1. The van der Waals surface area contributed by atoms with E-state index < -0.39 is 11.9 Å². The maximum absolute atomic E-state index is 12.9. The van der Waals surface area contributed by atoms with Crippen LogP contribution in [0, 0.1) is 13.8 Å². The fourth-order valence-electron chi connectivity index (χ4n) is 3.89. The Morgan fingerprint density at radius 2 is 1.82 bits per heavy atom. The summed E-state index contributed by atoms with van der Waals surface area (Å²) < 4.78 is 16.0. The third-order valence-corrected chi connectivity index (χ3v) is 5.58. The number of hydrogen-bond acceptors (Lipinski definition) is 7. The Kier molecular flexibility index (Phi) is 6.62. The maximum Gasteiger partial charge on any atom is 0.338 e. The number of aryl methyl sites for hydroxylation is 2. The van der Waals surface area contributed by atoms with Crippen molar-refractivity contribution in [1.29, 1.82) is 0 Å². The molecule has 1 aromatic carbocycles. The monoisotopic (exact) mass is 463 g/mol. The molecule has 0 spiro atoms. The van der Waals surface area contributed by atoms with Crippen LogP contribution in [0.1, 0.15) is 73.7 Å². The number of amides is 2. The van der Waals surface area contributed by atoms with E-state index in [0.29, 0.717) is 52.5 Å². The SMILES string of the molecule is CCOC(=O)c1ccc(NC(=O)c2oc3c(c2C)/C(=N/NC(=O)c2ccoc2C)CCC3)cc1. The van der Waals surface area contributed by atoms with Gasteiger partial charge in [0.25, 0.3) is 11.8 Å². The lowest BCUT2D eigenvalue weighted by Crippen LogP contribution is -2.22. The van der Waals surface area contributed by atoms with Crippen LogP contribution in [0.5, 0.6) is 0 Å². The van der Waals surface area contributed by atoms with Gasteiger partial charge in [-0.15, -0.1) is 0 Å². The summed E-state index contributed by atoms with van der Waals surface area (Å²) in [5.41, 5.74) is 5.97. The van der Waals surface area contributed by atoms with Gasteiger partial charge in [-0.05, 0) is 63.9 Å². The number of hydrazone groups is 1. The fourth-order valence-corrected chi connectivity index (χ4v) is 3.89. The summed E-state index contributed by atoms with van der Waals surface area (Å²) in [4.78, 5) is 37.1. The molecule has 0 atom stereocenters. The third-order valence-electron chi connectivity index (χ3n) is 5.58. The van der Waals surface area contributed by atoms with Gasteiger partial charge in [0.2, 0.25) is 0 Å². The van der Waals surface area contributed by atoms with Crippen LogP contribution in [0.3, 0.4) is 0 Å². The number of esters is 1. The summed E-state index contributed by atoms with van der Waals surface area (Å²) >= 11 is 0. The van der Waals surface area contributed by atoms with Crippen molar-refractivity contribution in [2.45, 2.75) is 40.0 Å². The van der Waals surface area contributed by atoms with Gasteiger partial charge in [0.1, 0.15) is 11.5 Å². The standard InChI is InChI=1S/C25H25N3O6/c1-4-32-25(31)16-8-10-17(11-9-16)26-24(30)22-14(2)21-19(6-5-7-20(21)34-22)27-28-23(29)18-12-13-33-15(18)3/h8-13H,4-7H2,1-3H3,(H,26,30)(H,28,29)/b27-19+. The molecule has 2 amide bonds. The van der Waals surface area contributed by atoms with Crippen LogP contribution in [-0.4, -0.2) is 30.1 Å². The Bertz CT molecular complexity index is 1270. The van der Waals surface area contributed by atoms with E-state index in [2.05, 4.69) is 15.8 Å². The van der Waals surface area contributed by atoms with E-state index in [1.165, 1.54) is 6.26 Å². The molecule has 0 bridgehead atoms. The minimum atomic E-state index is -0.420. The van der Waals surface area contributed by atoms with Gasteiger partial charge < -0.3 is 18.9 Å². The molecule has 0 unspecified atom stereocenters. The van der Waals surface area contributed by atoms with Crippen LogP contribution in [0.25, 0.3) is 0 Å². The zero-order chi connectivity index (χ0) is 24.2. The van der Waals surface area contributed by atoms with Crippen molar-refractivity contribution in [2.75, 3.05) is 11.9 Å². The average Bonchev–Trinajstić information content (AvgIpc) is 3.41. The molecular formula is C25H25N3O6. The number of hydrogen-bond donors (Lipinski definition) is 2. The van der Waals surface area contributed by atoms with Crippen LogP contribution in [-0.2, 0) is 11.2 Å². The molecule has 0 fully saturated rings. The lowest BCUT2D eigenvalue weighted by Gasteiger charge is -2.13. The minimum Gasteiger partial charge on any atom is -0.469 e. The second-order valence-electron chi connectivity index (χ2n) is 7.85. The summed E-state index contributed by atoms with van der Waals surface area (Å²) in [5, 5.41) is 7.11. The van der Waals surface area contributed by atoms with Crippen molar-refractivity contribution in [1.82, 2.24) is 5.43 Å². The molecule has 2 heterocycles. The van der Waals surface area contributed by atoms with Crippen LogP contribution in [0.4, 0.5) is 5.69 Å². The predicted molar refractivity (Wildman–Crippen MR) is 124 cm³/mol. The minimum absolute atomic E-state index is 0.186. The van der Waals surface area contributed by atoms with Crippen molar-refractivity contribution in [3.8, 4) is 0 Å². The van der Waals surface area contributed by atoms with Gasteiger partial charge in [0.15, 0.2) is 5.76 Å². The normalized spacial score (nSPS) is 13.9. The molecule has 3 aromatic rings. The molecule has 34 heavy (non-hydrogen) atoms. The average molecular weight is 463 g/mol. The second-order valence-corrected chi connectivity index (χ2v) is 7.85. The maximum atomic E-state index is 12.9. The molecule has 4 rings (SSSR count). The zero-order valence-electron chi connectivity index (χ0n) is 19.2. The molecule has 1 aliphatic rings. The van der Waals surface area contributed by atoms with E-state index in [0.717, 1.165) is 12.0 Å². The molecule has 1 aliphatic carbocycles. The van der Waals surface area contributed by atoms with E-state index in [4.69, 9.17) is 13.6 Å². The predicted octanol–water partition coefficient (Wildman–Crippen LogP) is 4.39. The molecule has 2 aromatic heterocycles. The first-order chi connectivity index (χ1) is 16.4. The number of carbonyl (C=O) groups excluding carboxylic acids is 3. The van der Waals surface area contributed by atoms with Crippen molar-refractivity contribution >= 4 is 29.2 Å². The molecule has 0 radical (unpaired) electrons. The molecule has 9 heteroatoms. The number of nitrogens with one attached hydrogen (secondary N) is 2. The number of furan rings is 2. The summed E-state index contributed by atoms with van der Waals surface area (Å²) in [6.45, 7) is 5.53. The number of carbonyl (C=O) groups is 3. The van der Waals surface area contributed by atoms with Crippen molar-refractivity contribution in [2.24, 2.45) is 5.10 Å². The third kappa shape index (κ3) is 4.63. The van der Waals surface area contributed by atoms with Gasteiger partial charge in [-0.2, -0.15) is 5.10 Å². The van der Waals surface area contributed by atoms with E-state index in [9.17, 15) is 14.4 Å². The smallest absolute Gasteiger partial charge is 0.338 e. The lowest BCUT2D eigenvalue weighted by atomic mass is 9.93. The lowest BCUT2D eigenvalue weighted by molar-refractivity contribution is 0.0526. The molecule has 9 nitrogen and oxygen atoms in total. The molecule has 0 aliphatic heterocycles. The Morgan fingerprint density at radius 1 is 1.06 bits per heavy atom. The Morgan fingerprint density at radius 3 is 2.50 bits per heavy atom. The second kappa shape index (κ2) is 9.78. The first-order valence-corrected chi connectivity index (χ1v) is 11.0. The van der Waals surface area contributed by atoms with Gasteiger partial charge in [-0.1, -0.05) is 0 Å². The molecule has 176 valence electrons. The highest BCUT2D eigenvalue weighted by Crippen LogP contribution is 2.30. The zero-order valence-corrected chi connectivity index (χ0v) is 19.2. The van der Waals surface area contributed by atoms with Crippen LogP contribution in [0.15, 0.2) is 50.5 Å². The quantitative estimate of drug-likeness (QED) is 0.413. The molecule has 0 saturated carbocycles. The van der Waals surface area contributed by atoms with Crippen molar-refractivity contribution in [3.63, 3.8) is 0 Å². The Labute approximate surface area is 196 Å². The topological polar surface area (TPSA) is 123 Å². The van der Waals surface area contributed by atoms with E-state index in [-0.39, 0.29) is 18.3 Å². The van der Waals surface area contributed by atoms with Crippen LogP contribution in [0.2, 0.25) is 0 Å². The molecular weight excluding hydrogens is 438 g/mol. The van der Waals surface area contributed by atoms with E-state index >= 15 is 0 Å². The number of rotatable bonds is 6. The van der Waals surface area contributed by atoms with Gasteiger partial charge in [-0.25, -0.2) is 10.2 Å². The van der Waals surface area contributed by atoms with Gasteiger partial charge >= 0.3 is 5.97 Å². The number of ether oxygens (including phenoxy) is 1. The number of anilines is 1. The highest BCUT2D eigenvalue weighted by molar-refractivity contribution is 6.09. The van der Waals surface area contributed by atoms with E-state index in [1.807, 2.05) is 0 Å². The summed E-state index contributed by atoms with van der Waals surface area (Å²) in [5.74, 6) is 0.169. The van der Waals surface area contributed by atoms with E-state index in [1.54, 1.807) is 51.1 Å². The molecule has 2 N–H and O–H groups in total. The number of fused-ring (bicyclic) bond motifs is 1. The molecule has 0 saturated heterocycles. The van der Waals surface area contributed by atoms with Crippen LogP contribution < -0.4 is 10.7 Å². The first kappa shape index (κ1) is 23.0. The van der Waals surface area contributed by atoms with Crippen LogP contribution >= 0.6 is 0 Å². The van der Waals surface area contributed by atoms with Gasteiger partial charge in [0, 0.05) is 23.2 Å². The van der Waals surface area contributed by atoms with Gasteiger partial charge in [-0.3, -0.25) is 9.59 Å². The summed E-state index contributed by atoms with van der Waals surface area (Å²) in [6.07, 6.45) is 3.56. The fraction of sp³-hybridized carbons (Fsp3) is 0.280. The Hall–Kier alpha value is -4.14. The van der Waals surface area contributed by atoms with Crippen molar-refractivity contribution < 1.29 is 28.0 Å².